The minimum Gasteiger partial charge on any atom is -0.394 e. The van der Waals surface area contributed by atoms with Crippen LogP contribution in [0.3, 0.4) is 0 Å². The van der Waals surface area contributed by atoms with E-state index in [1.807, 2.05) is 0 Å². The van der Waals surface area contributed by atoms with Gasteiger partial charge in [-0.3, -0.25) is 52.7 Å². The molecule has 1 fully saturated rings. The van der Waals surface area contributed by atoms with E-state index in [1.54, 1.807) is 44.2 Å². The first-order valence-corrected chi connectivity index (χ1v) is 28.6. The molecule has 0 aliphatic carbocycles. The Kier molecular flexibility index (Phi) is 33.8. The number of benzene rings is 1. The molecule has 1 unspecified atom stereocenters. The molecular weight excluding hydrogens is 1080 g/mol. The van der Waals surface area contributed by atoms with Crippen molar-refractivity contribution < 1.29 is 68.1 Å². The molecule has 1 aliphatic rings. The van der Waals surface area contributed by atoms with E-state index in [0.29, 0.717) is 12.0 Å². The van der Waals surface area contributed by atoms with Crippen LogP contribution in [-0.2, 0) is 59.2 Å². The van der Waals surface area contributed by atoms with Crippen LogP contribution >= 0.6 is 0 Å². The number of aliphatic hydroxyl groups excluding tert-OH is 3. The van der Waals surface area contributed by atoms with E-state index in [-0.39, 0.29) is 77.0 Å². The van der Waals surface area contributed by atoms with Crippen LogP contribution in [0.2, 0.25) is 0 Å². The van der Waals surface area contributed by atoms with E-state index in [9.17, 15) is 68.1 Å². The molecule has 29 nitrogen and oxygen atoms in total. The van der Waals surface area contributed by atoms with E-state index in [4.69, 9.17) is 22.9 Å². The molecule has 1 heterocycles. The Morgan fingerprint density at radius 1 is 0.590 bits per heavy atom. The number of carbonyl (C=O) groups excluding carboxylic acids is 11. The molecule has 2 rings (SSSR count). The van der Waals surface area contributed by atoms with Gasteiger partial charge in [0.25, 0.3) is 0 Å². The van der Waals surface area contributed by atoms with E-state index in [1.165, 1.54) is 13.8 Å². The molecule has 83 heavy (non-hydrogen) atoms. The van der Waals surface area contributed by atoms with Crippen molar-refractivity contribution in [1.29, 1.82) is 0 Å². The molecular formula is C54H93N15O14. The molecule has 11 amide bonds. The molecule has 0 bridgehead atoms. The molecule has 0 saturated carbocycles. The molecule has 22 N–H and O–H groups in total. The number of hydrogen-bond donors (Lipinski definition) is 18. The Morgan fingerprint density at radius 2 is 1.11 bits per heavy atom. The minimum absolute atomic E-state index is 0.0213. The predicted octanol–water partition coefficient (Wildman–Crippen LogP) is -5.85. The summed E-state index contributed by atoms with van der Waals surface area (Å²) in [7, 11) is 0. The molecule has 468 valence electrons. The van der Waals surface area contributed by atoms with Gasteiger partial charge in [0.05, 0.1) is 18.8 Å². The monoisotopic (exact) mass is 1180 g/mol. The fraction of sp³-hybridized carbons (Fsp3) is 0.685. The zero-order valence-electron chi connectivity index (χ0n) is 48.5. The van der Waals surface area contributed by atoms with Crippen molar-refractivity contribution in [3.8, 4) is 0 Å². The summed E-state index contributed by atoms with van der Waals surface area (Å²) in [5.74, 6) is -10.5. The van der Waals surface area contributed by atoms with Crippen LogP contribution in [0.15, 0.2) is 30.3 Å². The second-order valence-electron chi connectivity index (χ2n) is 21.1. The van der Waals surface area contributed by atoms with Gasteiger partial charge < -0.3 is 96.7 Å². The maximum atomic E-state index is 14.3. The van der Waals surface area contributed by atoms with Crippen molar-refractivity contribution in [1.82, 2.24) is 58.5 Å². The zero-order valence-corrected chi connectivity index (χ0v) is 48.5. The number of nitrogens with one attached hydrogen (secondary N) is 11. The standard InChI is InChI=1S/C54H93N15O14/c1-6-7-8-9-13-16-42(73)60-34(17-22-55)48(77)69-44(32(5)72)54(83)64-36(19-24-57)46(75)63-38-21-26-59-53(82)43(31(4)71)68-49(78)37(20-25-58)61-45(74)35(18-23-56)62-50(79)39(27-30(2)3)65-51(80)40(28-33-14-11-10-12-15-33)66-52(81)41(29-70)67-47(38)76/h10-12,14-15,30-32,34-41,43-44,70-72H,6-9,13,16-29,55-58H2,1-5H3,(H,59,82)(H,60,73)(H,61,74)(H,62,79)(H,63,75)(H,64,83)(H,65,80)(H,66,81)(H,67,76)(H,68,78)(H,69,77)/t31-,32-,34+,35+,36+,37+,38+,39+,40?,41+,43+,44+/m1/s1. The molecule has 29 heteroatoms. The van der Waals surface area contributed by atoms with Crippen LogP contribution in [0.1, 0.15) is 117 Å². The smallest absolute Gasteiger partial charge is 0.245 e. The molecule has 1 aliphatic heterocycles. The molecule has 0 radical (unpaired) electrons. The van der Waals surface area contributed by atoms with Crippen LogP contribution in [0.4, 0.5) is 0 Å². The lowest BCUT2D eigenvalue weighted by molar-refractivity contribution is -0.137. The fourth-order valence-electron chi connectivity index (χ4n) is 8.79. The van der Waals surface area contributed by atoms with Gasteiger partial charge in [-0.2, -0.15) is 0 Å². The number of aliphatic hydroxyl groups is 3. The van der Waals surface area contributed by atoms with Gasteiger partial charge in [-0.15, -0.1) is 0 Å². The van der Waals surface area contributed by atoms with E-state index in [0.717, 1.165) is 25.7 Å². The summed E-state index contributed by atoms with van der Waals surface area (Å²) >= 11 is 0. The van der Waals surface area contributed by atoms with Gasteiger partial charge in [0.2, 0.25) is 65.0 Å². The summed E-state index contributed by atoms with van der Waals surface area (Å²) in [4.78, 5) is 153. The van der Waals surface area contributed by atoms with E-state index in [2.05, 4.69) is 65.4 Å². The van der Waals surface area contributed by atoms with Crippen molar-refractivity contribution in [3.63, 3.8) is 0 Å². The summed E-state index contributed by atoms with van der Waals surface area (Å²) in [6.45, 7) is 5.83. The summed E-state index contributed by atoms with van der Waals surface area (Å²) in [5, 5.41) is 59.5. The molecule has 12 atom stereocenters. The van der Waals surface area contributed by atoms with Crippen molar-refractivity contribution in [2.75, 3.05) is 39.3 Å². The van der Waals surface area contributed by atoms with Crippen molar-refractivity contribution in [3.05, 3.63) is 35.9 Å². The Labute approximate surface area is 485 Å². The molecule has 1 aromatic carbocycles. The van der Waals surface area contributed by atoms with Crippen LogP contribution in [0.25, 0.3) is 0 Å². The normalized spacial score (nSPS) is 22.8. The Morgan fingerprint density at radius 3 is 1.65 bits per heavy atom. The average Bonchev–Trinajstić information content (AvgIpc) is 3.53. The molecule has 0 aromatic heterocycles. The molecule has 1 saturated heterocycles. The number of unbranched alkanes of at least 4 members (excludes halogenated alkanes) is 4. The Balaban J connectivity index is 2.65. The summed E-state index contributed by atoms with van der Waals surface area (Å²) < 4.78 is 0. The summed E-state index contributed by atoms with van der Waals surface area (Å²) in [6, 6.07) is -6.97. The lowest BCUT2D eigenvalue weighted by Crippen LogP contribution is -2.62. The Bertz CT molecular complexity index is 2260. The quantitative estimate of drug-likeness (QED) is 0.0348. The highest BCUT2D eigenvalue weighted by Crippen LogP contribution is 2.12. The number of nitrogens with two attached hydrogens (primary N) is 4. The number of hydrogen-bond acceptors (Lipinski definition) is 18. The highest BCUT2D eigenvalue weighted by molar-refractivity contribution is 5.99. The summed E-state index contributed by atoms with van der Waals surface area (Å²) in [6.07, 6.45) is 0.0134. The first-order valence-electron chi connectivity index (χ1n) is 28.6. The third-order valence-electron chi connectivity index (χ3n) is 13.4. The molecule has 0 spiro atoms. The largest absolute Gasteiger partial charge is 0.394 e. The fourth-order valence-corrected chi connectivity index (χ4v) is 8.79. The van der Waals surface area contributed by atoms with Crippen molar-refractivity contribution in [2.45, 2.75) is 191 Å². The van der Waals surface area contributed by atoms with Crippen molar-refractivity contribution >= 4 is 65.0 Å². The number of carbonyl (C=O) groups is 11. The highest BCUT2D eigenvalue weighted by atomic mass is 16.3. The third-order valence-corrected chi connectivity index (χ3v) is 13.4. The maximum absolute atomic E-state index is 14.3. The first-order chi connectivity index (χ1) is 39.4. The second kappa shape index (κ2) is 38.8. The topological polar surface area (TPSA) is 485 Å². The minimum atomic E-state index is -1.83. The van der Waals surface area contributed by atoms with E-state index >= 15 is 0 Å². The maximum Gasteiger partial charge on any atom is 0.245 e. The summed E-state index contributed by atoms with van der Waals surface area (Å²) in [5.41, 5.74) is 23.8. The van der Waals surface area contributed by atoms with E-state index < -0.39 is 157 Å². The van der Waals surface area contributed by atoms with Crippen molar-refractivity contribution in [2.24, 2.45) is 28.9 Å². The molecule has 1 aromatic rings. The number of rotatable bonds is 28. The highest BCUT2D eigenvalue weighted by Gasteiger charge is 2.37. The van der Waals surface area contributed by atoms with Crippen LogP contribution in [0, 0.1) is 5.92 Å². The lowest BCUT2D eigenvalue weighted by Gasteiger charge is -2.28. The van der Waals surface area contributed by atoms with Crippen LogP contribution in [-0.4, -0.2) is 192 Å². The second-order valence-corrected chi connectivity index (χ2v) is 21.1. The van der Waals surface area contributed by atoms with Gasteiger partial charge in [0, 0.05) is 19.4 Å². The van der Waals surface area contributed by atoms with Gasteiger partial charge >= 0.3 is 0 Å². The third kappa shape index (κ3) is 26.1. The van der Waals surface area contributed by atoms with Gasteiger partial charge in [-0.1, -0.05) is 76.8 Å². The number of amides is 11. The van der Waals surface area contributed by atoms with Gasteiger partial charge in [0.15, 0.2) is 0 Å². The first kappa shape index (κ1) is 72.2. The lowest BCUT2D eigenvalue weighted by atomic mass is 10.00. The average molecular weight is 1180 g/mol. The van der Waals surface area contributed by atoms with Crippen LogP contribution < -0.4 is 81.4 Å². The van der Waals surface area contributed by atoms with Gasteiger partial charge in [0.1, 0.15) is 60.4 Å². The zero-order chi connectivity index (χ0) is 62.2. The predicted molar refractivity (Wildman–Crippen MR) is 305 cm³/mol. The van der Waals surface area contributed by atoms with Gasteiger partial charge in [-0.25, -0.2) is 0 Å². The Hall–Kier alpha value is -6.89. The SMILES string of the molecule is CCCCCCCC(=O)N[C@@H](CCN)C(=O)N[C@H](C(=O)N[C@@H](CCN)C(=O)N[C@H]1CCNC(=O)[C@H]([C@@H](C)O)NC(=O)[C@H](CCN)NC(=O)[C@H](CCN)NC(=O)[C@H](CC(C)C)NC(=O)C(Cc2ccccc2)NC(=O)[C@H](CO)NC1=O)[C@@H](C)O. The van der Waals surface area contributed by atoms with Crippen LogP contribution in [0.5, 0.6) is 0 Å². The van der Waals surface area contributed by atoms with Gasteiger partial charge in [-0.05, 0) is 96.5 Å².